The highest BCUT2D eigenvalue weighted by Crippen LogP contribution is 2.40. The van der Waals surface area contributed by atoms with Gasteiger partial charge in [-0.15, -0.1) is 9.98 Å². The van der Waals surface area contributed by atoms with E-state index in [0.717, 1.165) is 12.2 Å². The van der Waals surface area contributed by atoms with Gasteiger partial charge in [0.15, 0.2) is 0 Å². The molecule has 0 radical (unpaired) electrons. The molecule has 0 bridgehead atoms. The average molecular weight is 180 g/mol. The summed E-state index contributed by atoms with van der Waals surface area (Å²) in [5.41, 5.74) is 0. The SMILES string of the molecule is O=C=NC(=O)C1CC1C(=O)N=C=O. The summed E-state index contributed by atoms with van der Waals surface area (Å²) < 4.78 is 0. The number of nitrogens with zero attached hydrogens (tertiary/aromatic N) is 2. The molecule has 13 heavy (non-hydrogen) atoms. The van der Waals surface area contributed by atoms with Crippen molar-refractivity contribution >= 4 is 24.0 Å². The molecular weight excluding hydrogens is 176 g/mol. The second-order valence-corrected chi connectivity index (χ2v) is 2.53. The van der Waals surface area contributed by atoms with E-state index >= 15 is 0 Å². The molecule has 0 aromatic heterocycles. The number of carbonyl (C=O) groups excluding carboxylic acids is 4. The van der Waals surface area contributed by atoms with Crippen LogP contribution in [0.2, 0.25) is 0 Å². The zero-order chi connectivity index (χ0) is 9.84. The third-order valence-corrected chi connectivity index (χ3v) is 1.74. The van der Waals surface area contributed by atoms with Crippen molar-refractivity contribution in [1.82, 2.24) is 0 Å². The van der Waals surface area contributed by atoms with E-state index in [0.29, 0.717) is 0 Å². The molecule has 0 N–H and O–H groups in total. The maximum atomic E-state index is 10.8. The Hall–Kier alpha value is -1.90. The molecule has 2 atom stereocenters. The Labute approximate surface area is 72.4 Å². The zero-order valence-corrected chi connectivity index (χ0v) is 6.39. The third kappa shape index (κ3) is 2.02. The number of carbonyl (C=O) groups is 2. The molecule has 0 saturated heterocycles. The van der Waals surface area contributed by atoms with Gasteiger partial charge in [0.2, 0.25) is 12.2 Å². The topological polar surface area (TPSA) is 93.0 Å². The van der Waals surface area contributed by atoms with Crippen molar-refractivity contribution in [3.8, 4) is 0 Å². The molecule has 6 nitrogen and oxygen atoms in total. The molecule has 6 heteroatoms. The number of amides is 2. The molecule has 1 rings (SSSR count). The maximum absolute atomic E-state index is 10.8. The predicted molar refractivity (Wildman–Crippen MR) is 37.9 cm³/mol. The van der Waals surface area contributed by atoms with E-state index in [1.165, 1.54) is 0 Å². The Balaban J connectivity index is 2.55. The molecule has 2 unspecified atom stereocenters. The van der Waals surface area contributed by atoms with Crippen molar-refractivity contribution in [3.05, 3.63) is 0 Å². The van der Waals surface area contributed by atoms with Crippen LogP contribution in [0.4, 0.5) is 0 Å². The third-order valence-electron chi connectivity index (χ3n) is 1.74. The van der Waals surface area contributed by atoms with Crippen molar-refractivity contribution in [1.29, 1.82) is 0 Å². The van der Waals surface area contributed by atoms with Gasteiger partial charge in [-0.25, -0.2) is 9.59 Å². The van der Waals surface area contributed by atoms with Crippen molar-refractivity contribution in [2.75, 3.05) is 0 Å². The van der Waals surface area contributed by atoms with E-state index in [2.05, 4.69) is 9.98 Å². The Morgan fingerprint density at radius 1 is 1.00 bits per heavy atom. The minimum absolute atomic E-state index is 0.286. The van der Waals surface area contributed by atoms with Gasteiger partial charge in [-0.2, -0.15) is 0 Å². The maximum Gasteiger partial charge on any atom is 0.260 e. The number of aliphatic imine (C=N–C) groups is 2. The smallest absolute Gasteiger partial charge is 0.260 e. The summed E-state index contributed by atoms with van der Waals surface area (Å²) in [6.45, 7) is 0. The monoisotopic (exact) mass is 180 g/mol. The van der Waals surface area contributed by atoms with E-state index in [-0.39, 0.29) is 6.42 Å². The lowest BCUT2D eigenvalue weighted by molar-refractivity contribution is -0.123. The van der Waals surface area contributed by atoms with Crippen molar-refractivity contribution < 1.29 is 19.2 Å². The van der Waals surface area contributed by atoms with Gasteiger partial charge in [0.05, 0.1) is 11.8 Å². The van der Waals surface area contributed by atoms with Gasteiger partial charge in [-0.1, -0.05) is 0 Å². The number of isocyanates is 2. The Morgan fingerprint density at radius 2 is 1.38 bits per heavy atom. The molecule has 1 saturated carbocycles. The van der Waals surface area contributed by atoms with Crippen LogP contribution in [0.25, 0.3) is 0 Å². The largest absolute Gasteiger partial charge is 0.271 e. The zero-order valence-electron chi connectivity index (χ0n) is 6.39. The van der Waals surface area contributed by atoms with E-state index in [9.17, 15) is 19.2 Å². The summed E-state index contributed by atoms with van der Waals surface area (Å²) in [4.78, 5) is 46.6. The summed E-state index contributed by atoms with van der Waals surface area (Å²) in [7, 11) is 0. The van der Waals surface area contributed by atoms with Crippen LogP contribution in [-0.2, 0) is 19.2 Å². The van der Waals surface area contributed by atoms with Crippen molar-refractivity contribution in [2.24, 2.45) is 21.8 Å². The minimum Gasteiger partial charge on any atom is -0.271 e. The highest BCUT2D eigenvalue weighted by atomic mass is 16.2. The second kappa shape index (κ2) is 3.67. The normalized spacial score (nSPS) is 23.7. The molecule has 0 aromatic rings. The van der Waals surface area contributed by atoms with Gasteiger partial charge in [0, 0.05) is 0 Å². The molecule has 0 aliphatic heterocycles. The molecule has 0 heterocycles. The first-order chi connectivity index (χ1) is 6.20. The molecule has 0 aromatic carbocycles. The molecule has 66 valence electrons. The van der Waals surface area contributed by atoms with Crippen LogP contribution in [0, 0.1) is 11.8 Å². The molecule has 2 amide bonds. The number of rotatable bonds is 2. The van der Waals surface area contributed by atoms with Crippen LogP contribution in [0.1, 0.15) is 6.42 Å². The first-order valence-corrected chi connectivity index (χ1v) is 3.44. The fraction of sp³-hybridized carbons (Fsp3) is 0.429. The fourth-order valence-electron chi connectivity index (χ4n) is 0.997. The summed E-state index contributed by atoms with van der Waals surface area (Å²) >= 11 is 0. The molecular formula is C7H4N2O4. The summed E-state index contributed by atoms with van der Waals surface area (Å²) in [5.74, 6) is -2.58. The molecule has 1 aliphatic carbocycles. The fourth-order valence-corrected chi connectivity index (χ4v) is 0.997. The first-order valence-electron chi connectivity index (χ1n) is 3.44. The van der Waals surface area contributed by atoms with E-state index < -0.39 is 23.7 Å². The Bertz CT molecular complexity index is 316. The average Bonchev–Trinajstić information content (AvgIpc) is 2.84. The van der Waals surface area contributed by atoms with E-state index in [4.69, 9.17) is 0 Å². The van der Waals surface area contributed by atoms with Crippen LogP contribution in [0.15, 0.2) is 9.98 Å². The predicted octanol–water partition coefficient (Wildman–Crippen LogP) is -0.653. The van der Waals surface area contributed by atoms with Gasteiger partial charge in [-0.05, 0) is 6.42 Å². The lowest BCUT2D eigenvalue weighted by Crippen LogP contribution is -2.04. The van der Waals surface area contributed by atoms with E-state index in [1.54, 1.807) is 0 Å². The van der Waals surface area contributed by atoms with E-state index in [1.807, 2.05) is 0 Å². The van der Waals surface area contributed by atoms with Gasteiger partial charge < -0.3 is 0 Å². The Kier molecular flexibility index (Phi) is 2.59. The van der Waals surface area contributed by atoms with Gasteiger partial charge in [0.25, 0.3) is 11.8 Å². The van der Waals surface area contributed by atoms with Crippen LogP contribution < -0.4 is 0 Å². The second-order valence-electron chi connectivity index (χ2n) is 2.53. The van der Waals surface area contributed by atoms with Crippen LogP contribution in [0.5, 0.6) is 0 Å². The molecule has 1 fully saturated rings. The summed E-state index contributed by atoms with van der Waals surface area (Å²) in [6.07, 6.45) is 2.46. The van der Waals surface area contributed by atoms with Gasteiger partial charge >= 0.3 is 0 Å². The highest BCUT2D eigenvalue weighted by molar-refractivity contribution is 5.95. The van der Waals surface area contributed by atoms with Crippen LogP contribution >= 0.6 is 0 Å². The molecule has 1 aliphatic rings. The summed E-state index contributed by atoms with van der Waals surface area (Å²) in [5, 5.41) is 0. The highest BCUT2D eigenvalue weighted by Gasteiger charge is 2.48. The number of hydrogen-bond donors (Lipinski definition) is 0. The molecule has 0 spiro atoms. The number of hydrogen-bond acceptors (Lipinski definition) is 4. The lowest BCUT2D eigenvalue weighted by atomic mass is 10.3. The Morgan fingerprint density at radius 3 is 1.69 bits per heavy atom. The standard InChI is InChI=1S/C7H4N2O4/c10-2-8-6(12)4-1-5(4)7(13)9-3-11/h4-5H,1H2. The van der Waals surface area contributed by atoms with Crippen molar-refractivity contribution in [3.63, 3.8) is 0 Å². The quantitative estimate of drug-likeness (QED) is 0.416. The summed E-state index contributed by atoms with van der Waals surface area (Å²) in [6, 6.07) is 0. The van der Waals surface area contributed by atoms with Crippen LogP contribution in [-0.4, -0.2) is 24.0 Å². The van der Waals surface area contributed by atoms with Gasteiger partial charge in [-0.3, -0.25) is 9.59 Å². The first kappa shape index (κ1) is 9.19. The minimum atomic E-state index is -0.686. The van der Waals surface area contributed by atoms with Gasteiger partial charge in [0.1, 0.15) is 0 Å². The van der Waals surface area contributed by atoms with Crippen molar-refractivity contribution in [2.45, 2.75) is 6.42 Å². The van der Waals surface area contributed by atoms with Crippen LogP contribution in [0.3, 0.4) is 0 Å². The lowest BCUT2D eigenvalue weighted by Gasteiger charge is -1.85.